The molecule has 0 amide bonds. The van der Waals surface area contributed by atoms with Crippen molar-refractivity contribution in [3.63, 3.8) is 0 Å². The predicted molar refractivity (Wildman–Crippen MR) is 69.3 cm³/mol. The monoisotopic (exact) mass is 268 g/mol. The van der Waals surface area contributed by atoms with Crippen LogP contribution in [0.15, 0.2) is 12.4 Å². The van der Waals surface area contributed by atoms with Gasteiger partial charge in [-0.1, -0.05) is 23.7 Å². The van der Waals surface area contributed by atoms with Gasteiger partial charge in [0, 0.05) is 13.6 Å². The molecule has 2 aromatic rings. The molecule has 0 unspecified atom stereocenters. The molecule has 2 heterocycles. The Hall–Kier alpha value is -1.40. The number of imidazole rings is 1. The first-order valence-electron chi connectivity index (χ1n) is 5.96. The fourth-order valence-corrected chi connectivity index (χ4v) is 1.75. The number of rotatable bonds is 6. The molecule has 18 heavy (non-hydrogen) atoms. The lowest BCUT2D eigenvalue weighted by atomic mass is 10.4. The van der Waals surface area contributed by atoms with E-state index in [0.29, 0.717) is 11.7 Å². The van der Waals surface area contributed by atoms with Gasteiger partial charge in [0.1, 0.15) is 17.5 Å². The highest BCUT2D eigenvalue weighted by atomic mass is 35.5. The molecule has 0 saturated carbocycles. The highest BCUT2D eigenvalue weighted by molar-refractivity contribution is 6.29. The maximum Gasteiger partial charge on any atom is 0.131 e. The average Bonchev–Trinajstić information content (AvgIpc) is 2.92. The minimum absolute atomic E-state index is 0.573. The number of hydrogen-bond acceptors (Lipinski definition) is 4. The van der Waals surface area contributed by atoms with E-state index in [4.69, 9.17) is 11.6 Å². The molecule has 0 aliphatic rings. The van der Waals surface area contributed by atoms with Crippen molar-refractivity contribution >= 4 is 11.6 Å². The Morgan fingerprint density at radius 1 is 1.44 bits per heavy atom. The molecule has 98 valence electrons. The molecule has 0 fully saturated rings. The van der Waals surface area contributed by atoms with E-state index in [2.05, 4.69) is 27.5 Å². The van der Waals surface area contributed by atoms with Crippen molar-refractivity contribution in [2.45, 2.75) is 26.4 Å². The molecule has 0 aliphatic carbocycles. The smallest absolute Gasteiger partial charge is 0.131 e. The summed E-state index contributed by atoms with van der Waals surface area (Å²) < 4.78 is 3.60. The van der Waals surface area contributed by atoms with Gasteiger partial charge in [0.25, 0.3) is 0 Å². The molecular weight excluding hydrogens is 252 g/mol. The lowest BCUT2D eigenvalue weighted by Crippen LogP contribution is -2.14. The van der Waals surface area contributed by atoms with E-state index >= 15 is 0 Å². The van der Waals surface area contributed by atoms with Crippen LogP contribution in [0.4, 0.5) is 0 Å². The summed E-state index contributed by atoms with van der Waals surface area (Å²) in [5.41, 5.74) is 0.934. The van der Waals surface area contributed by atoms with Gasteiger partial charge in [-0.15, -0.1) is 5.10 Å². The van der Waals surface area contributed by atoms with Crippen molar-refractivity contribution in [3.8, 4) is 0 Å². The van der Waals surface area contributed by atoms with Crippen LogP contribution in [0.25, 0.3) is 0 Å². The first-order valence-corrected chi connectivity index (χ1v) is 6.34. The standard InChI is InChI=1S/C11H17ClN6/c1-3-4-13-5-9-7-18(16-15-9)8-11-14-6-10(12)17(11)2/h6-7,13H,3-5,8H2,1-2H3. The second-order valence-corrected chi connectivity index (χ2v) is 4.53. The van der Waals surface area contributed by atoms with Crippen LogP contribution in [0.5, 0.6) is 0 Å². The molecule has 0 saturated heterocycles. The maximum atomic E-state index is 5.93. The molecular formula is C11H17ClN6. The van der Waals surface area contributed by atoms with Crippen LogP contribution in [-0.4, -0.2) is 31.1 Å². The Morgan fingerprint density at radius 3 is 2.94 bits per heavy atom. The van der Waals surface area contributed by atoms with E-state index in [1.54, 1.807) is 10.9 Å². The zero-order valence-corrected chi connectivity index (χ0v) is 11.4. The van der Waals surface area contributed by atoms with Gasteiger partial charge in [0.15, 0.2) is 0 Å². The zero-order chi connectivity index (χ0) is 13.0. The Balaban J connectivity index is 1.96. The first-order chi connectivity index (χ1) is 8.70. The van der Waals surface area contributed by atoms with Crippen molar-refractivity contribution in [1.29, 1.82) is 0 Å². The third kappa shape index (κ3) is 3.08. The zero-order valence-electron chi connectivity index (χ0n) is 10.6. The van der Waals surface area contributed by atoms with E-state index in [0.717, 1.165) is 31.0 Å². The number of halogens is 1. The molecule has 0 atom stereocenters. The Bertz CT molecular complexity index is 503. The molecule has 0 aromatic carbocycles. The predicted octanol–water partition coefficient (Wildman–Crippen LogP) is 1.21. The van der Waals surface area contributed by atoms with Crippen molar-refractivity contribution in [3.05, 3.63) is 29.1 Å². The third-order valence-electron chi connectivity index (χ3n) is 2.65. The van der Waals surface area contributed by atoms with Gasteiger partial charge in [0.05, 0.1) is 18.1 Å². The molecule has 0 spiro atoms. The van der Waals surface area contributed by atoms with E-state index in [1.807, 2.05) is 17.8 Å². The summed E-state index contributed by atoms with van der Waals surface area (Å²) in [6.07, 6.45) is 4.67. The SMILES string of the molecule is CCCNCc1cn(Cc2ncc(Cl)n2C)nn1. The first kappa shape index (κ1) is 13.0. The fourth-order valence-electron chi connectivity index (χ4n) is 1.61. The summed E-state index contributed by atoms with van der Waals surface area (Å²) in [6.45, 7) is 4.44. The topological polar surface area (TPSA) is 60.6 Å². The number of aromatic nitrogens is 5. The summed E-state index contributed by atoms with van der Waals surface area (Å²) in [4.78, 5) is 4.22. The number of nitrogens with zero attached hydrogens (tertiary/aromatic N) is 5. The minimum atomic E-state index is 0.573. The fraction of sp³-hybridized carbons (Fsp3) is 0.545. The van der Waals surface area contributed by atoms with Crippen molar-refractivity contribution < 1.29 is 0 Å². The number of hydrogen-bond donors (Lipinski definition) is 1. The van der Waals surface area contributed by atoms with E-state index in [1.165, 1.54) is 0 Å². The van der Waals surface area contributed by atoms with Crippen molar-refractivity contribution in [2.24, 2.45) is 7.05 Å². The van der Waals surface area contributed by atoms with Crippen LogP contribution in [0.1, 0.15) is 24.9 Å². The molecule has 2 aromatic heterocycles. The maximum absolute atomic E-state index is 5.93. The van der Waals surface area contributed by atoms with Crippen LogP contribution in [0.2, 0.25) is 5.15 Å². The van der Waals surface area contributed by atoms with Gasteiger partial charge in [-0.05, 0) is 13.0 Å². The molecule has 7 heteroatoms. The largest absolute Gasteiger partial charge is 0.321 e. The molecule has 0 bridgehead atoms. The summed E-state index contributed by atoms with van der Waals surface area (Å²) in [7, 11) is 1.88. The molecule has 0 radical (unpaired) electrons. The van der Waals surface area contributed by atoms with Crippen LogP contribution < -0.4 is 5.32 Å². The van der Waals surface area contributed by atoms with Crippen LogP contribution in [-0.2, 0) is 20.1 Å². The normalized spacial score (nSPS) is 11.1. The van der Waals surface area contributed by atoms with Crippen LogP contribution in [0, 0.1) is 0 Å². The second-order valence-electron chi connectivity index (χ2n) is 4.14. The van der Waals surface area contributed by atoms with Gasteiger partial charge in [-0.25, -0.2) is 9.67 Å². The van der Waals surface area contributed by atoms with Gasteiger partial charge < -0.3 is 9.88 Å². The van der Waals surface area contributed by atoms with Crippen molar-refractivity contribution in [2.75, 3.05) is 6.54 Å². The van der Waals surface area contributed by atoms with E-state index in [-0.39, 0.29) is 0 Å². The lowest BCUT2D eigenvalue weighted by Gasteiger charge is -2.01. The lowest BCUT2D eigenvalue weighted by molar-refractivity contribution is 0.606. The molecule has 0 aliphatic heterocycles. The summed E-state index contributed by atoms with van der Waals surface area (Å²) >= 11 is 5.93. The summed E-state index contributed by atoms with van der Waals surface area (Å²) in [6, 6.07) is 0. The van der Waals surface area contributed by atoms with Crippen LogP contribution >= 0.6 is 11.6 Å². The van der Waals surface area contributed by atoms with Gasteiger partial charge in [-0.3, -0.25) is 0 Å². The Morgan fingerprint density at radius 2 is 2.28 bits per heavy atom. The number of nitrogens with one attached hydrogen (secondary N) is 1. The Labute approximate surface area is 111 Å². The Kier molecular flexibility index (Phi) is 4.33. The van der Waals surface area contributed by atoms with Gasteiger partial charge in [0.2, 0.25) is 0 Å². The molecule has 2 rings (SSSR count). The highest BCUT2D eigenvalue weighted by Crippen LogP contribution is 2.09. The average molecular weight is 269 g/mol. The molecule has 1 N–H and O–H groups in total. The second kappa shape index (κ2) is 5.97. The van der Waals surface area contributed by atoms with E-state index < -0.39 is 0 Å². The van der Waals surface area contributed by atoms with Crippen molar-refractivity contribution in [1.82, 2.24) is 29.9 Å². The third-order valence-corrected chi connectivity index (χ3v) is 3.00. The molecule has 6 nitrogen and oxygen atoms in total. The van der Waals surface area contributed by atoms with Gasteiger partial charge >= 0.3 is 0 Å². The quantitative estimate of drug-likeness (QED) is 0.800. The summed E-state index contributed by atoms with van der Waals surface area (Å²) in [5.74, 6) is 0.859. The highest BCUT2D eigenvalue weighted by Gasteiger charge is 2.07. The summed E-state index contributed by atoms with van der Waals surface area (Å²) in [5, 5.41) is 12.1. The van der Waals surface area contributed by atoms with Crippen LogP contribution in [0.3, 0.4) is 0 Å². The minimum Gasteiger partial charge on any atom is -0.321 e. The van der Waals surface area contributed by atoms with E-state index in [9.17, 15) is 0 Å². The van der Waals surface area contributed by atoms with Gasteiger partial charge in [-0.2, -0.15) is 0 Å².